The lowest BCUT2D eigenvalue weighted by Crippen LogP contribution is -2.64. The number of carbonyl (C=O) groups is 4. The predicted molar refractivity (Wildman–Crippen MR) is 120 cm³/mol. The van der Waals surface area contributed by atoms with E-state index < -0.39 is 40.2 Å². The molecule has 0 radical (unpaired) electrons. The van der Waals surface area contributed by atoms with Gasteiger partial charge >= 0.3 is 11.9 Å². The number of cyclic esters (lactones) is 1. The lowest BCUT2D eigenvalue weighted by atomic mass is 9.41. The number of allylic oxidation sites excluding steroid dienone is 1. The van der Waals surface area contributed by atoms with Crippen molar-refractivity contribution in [3.8, 4) is 0 Å². The molecule has 6 atom stereocenters. The highest BCUT2D eigenvalue weighted by molar-refractivity contribution is 6.11. The summed E-state index contributed by atoms with van der Waals surface area (Å²) in [5.41, 5.74) is 0.703. The van der Waals surface area contributed by atoms with Crippen molar-refractivity contribution in [1.82, 2.24) is 0 Å². The van der Waals surface area contributed by atoms with Crippen LogP contribution in [0.5, 0.6) is 0 Å². The van der Waals surface area contributed by atoms with E-state index in [0.29, 0.717) is 6.42 Å². The quantitative estimate of drug-likeness (QED) is 0.369. The minimum atomic E-state index is -0.884. The van der Waals surface area contributed by atoms with Crippen LogP contribution < -0.4 is 0 Å². The van der Waals surface area contributed by atoms with Crippen LogP contribution in [0.2, 0.25) is 0 Å². The Morgan fingerprint density at radius 1 is 1.15 bits per heavy atom. The fourth-order valence-electron chi connectivity index (χ4n) is 7.76. The molecule has 2 heterocycles. The van der Waals surface area contributed by atoms with Crippen molar-refractivity contribution in [2.24, 2.45) is 34.0 Å². The normalized spacial score (nSPS) is 38.7. The van der Waals surface area contributed by atoms with Crippen LogP contribution in [0.15, 0.2) is 34.2 Å². The van der Waals surface area contributed by atoms with E-state index in [1.54, 1.807) is 12.5 Å². The van der Waals surface area contributed by atoms with E-state index in [9.17, 15) is 19.2 Å². The maximum Gasteiger partial charge on any atom is 0.310 e. The molecule has 2 saturated carbocycles. The largest absolute Gasteiger partial charge is 0.472 e. The highest BCUT2D eigenvalue weighted by atomic mass is 16.5. The molecule has 0 amide bonds. The molecule has 0 spiro atoms. The number of hydrogen-bond acceptors (Lipinski definition) is 7. The Morgan fingerprint density at radius 2 is 1.88 bits per heavy atom. The Hall–Kier alpha value is -2.70. The van der Waals surface area contributed by atoms with Crippen molar-refractivity contribution in [2.45, 2.75) is 65.9 Å². The molecule has 5 rings (SSSR count). The minimum Gasteiger partial charge on any atom is -0.472 e. The third-order valence-electron chi connectivity index (χ3n) is 9.59. The maximum atomic E-state index is 13.8. The Bertz CT molecular complexity index is 1110. The van der Waals surface area contributed by atoms with E-state index in [2.05, 4.69) is 6.92 Å². The van der Waals surface area contributed by atoms with Crippen LogP contribution in [-0.2, 0) is 28.7 Å². The Labute approximate surface area is 199 Å². The molecule has 1 saturated heterocycles. The van der Waals surface area contributed by atoms with Crippen LogP contribution in [0.4, 0.5) is 0 Å². The second kappa shape index (κ2) is 7.40. The average molecular weight is 469 g/mol. The fraction of sp³-hybridized carbons (Fsp3) is 0.630. The number of hydrogen-bond donors (Lipinski definition) is 0. The van der Waals surface area contributed by atoms with Gasteiger partial charge in [0.25, 0.3) is 0 Å². The molecule has 1 unspecified atom stereocenters. The number of fused-ring (bicyclic) bond motifs is 5. The van der Waals surface area contributed by atoms with E-state index in [4.69, 9.17) is 13.9 Å². The number of furan rings is 1. The molecule has 1 aromatic rings. The molecule has 2 bridgehead atoms. The van der Waals surface area contributed by atoms with Gasteiger partial charge in [0.05, 0.1) is 38.4 Å². The number of ether oxygens (including phenoxy) is 2. The third kappa shape index (κ3) is 2.88. The van der Waals surface area contributed by atoms with E-state index in [-0.39, 0.29) is 36.3 Å². The molecule has 3 aliphatic carbocycles. The number of ketones is 2. The van der Waals surface area contributed by atoms with Crippen molar-refractivity contribution in [3.05, 3.63) is 35.3 Å². The summed E-state index contributed by atoms with van der Waals surface area (Å²) in [6.07, 6.45) is 4.68. The van der Waals surface area contributed by atoms with Gasteiger partial charge < -0.3 is 13.9 Å². The van der Waals surface area contributed by atoms with Crippen LogP contribution in [-0.4, -0.2) is 30.6 Å². The zero-order valence-electron chi connectivity index (χ0n) is 20.4. The topological polar surface area (TPSA) is 99.9 Å². The molecule has 0 aromatic carbocycles. The lowest BCUT2D eigenvalue weighted by molar-refractivity contribution is -0.172. The molecule has 182 valence electrons. The monoisotopic (exact) mass is 468 g/mol. The van der Waals surface area contributed by atoms with Crippen LogP contribution in [0, 0.1) is 34.0 Å². The van der Waals surface area contributed by atoms with Gasteiger partial charge in [-0.25, -0.2) is 0 Å². The van der Waals surface area contributed by atoms with Gasteiger partial charge in [-0.2, -0.15) is 0 Å². The maximum absolute atomic E-state index is 13.8. The van der Waals surface area contributed by atoms with Crippen LogP contribution in [0.25, 0.3) is 0 Å². The molecular formula is C27H32O7. The summed E-state index contributed by atoms with van der Waals surface area (Å²) in [6, 6.07) is 1.82. The molecule has 0 N–H and O–H groups in total. The number of methoxy groups -OCH3 is 1. The summed E-state index contributed by atoms with van der Waals surface area (Å²) in [6.45, 7) is 7.77. The summed E-state index contributed by atoms with van der Waals surface area (Å²) >= 11 is 0. The zero-order chi connectivity index (χ0) is 24.6. The molecular weight excluding hydrogens is 436 g/mol. The SMILES string of the molecule is COC(=O)C[C@H]1C(C)(C)C(=O)[C@@H]2CC3=C4CC(=O)O[C@@H](c5ccoc5)[C@]4(C)CCC3[C@@]1(C)C2=O. The lowest BCUT2D eigenvalue weighted by Gasteiger charge is -2.61. The number of carbonyl (C=O) groups excluding carboxylic acids is 4. The molecule has 1 aromatic heterocycles. The van der Waals surface area contributed by atoms with E-state index >= 15 is 0 Å². The summed E-state index contributed by atoms with van der Waals surface area (Å²) in [7, 11) is 1.33. The number of rotatable bonds is 3. The summed E-state index contributed by atoms with van der Waals surface area (Å²) < 4.78 is 16.1. The van der Waals surface area contributed by atoms with Gasteiger partial charge in [0.15, 0.2) is 0 Å². The van der Waals surface area contributed by atoms with Gasteiger partial charge in [-0.05, 0) is 42.7 Å². The van der Waals surface area contributed by atoms with E-state index in [0.717, 1.165) is 29.6 Å². The van der Waals surface area contributed by atoms with Crippen LogP contribution in [0.1, 0.15) is 71.5 Å². The smallest absolute Gasteiger partial charge is 0.310 e. The van der Waals surface area contributed by atoms with Gasteiger partial charge in [-0.1, -0.05) is 33.3 Å². The fourth-order valence-corrected chi connectivity index (χ4v) is 7.76. The average Bonchev–Trinajstić information content (AvgIpc) is 3.32. The van der Waals surface area contributed by atoms with Crippen LogP contribution in [0.3, 0.4) is 0 Å². The molecule has 7 nitrogen and oxygen atoms in total. The first-order chi connectivity index (χ1) is 16.0. The van der Waals surface area contributed by atoms with Crippen molar-refractivity contribution in [1.29, 1.82) is 0 Å². The molecule has 4 aliphatic rings. The first-order valence-electron chi connectivity index (χ1n) is 12.1. The molecule has 1 aliphatic heterocycles. The van der Waals surface area contributed by atoms with Crippen molar-refractivity contribution in [3.63, 3.8) is 0 Å². The van der Waals surface area contributed by atoms with Crippen molar-refractivity contribution >= 4 is 23.5 Å². The Morgan fingerprint density at radius 3 is 2.53 bits per heavy atom. The Kier molecular flexibility index (Phi) is 5.02. The predicted octanol–water partition coefficient (Wildman–Crippen LogP) is 4.36. The summed E-state index contributed by atoms with van der Waals surface area (Å²) in [5, 5.41) is 0. The number of Topliss-reactive ketones (excluding diaryl/α,β-unsaturated/α-hetero) is 2. The standard InChI is InChI=1S/C27H32O7/c1-25(2)19(12-20(28)32-5)27(4)17-6-8-26(3)18(15(17)10-16(22(25)30)23(27)31)11-21(29)34-24(26)14-7-9-33-13-14/h7,9,13,16-17,19,24H,6,8,10-12H2,1-5H3/t16-,17?,19-,24-,26+,27+/m0/s1. The van der Waals surface area contributed by atoms with Gasteiger partial charge in [0, 0.05) is 21.8 Å². The second-order valence-corrected chi connectivity index (χ2v) is 11.4. The summed E-state index contributed by atoms with van der Waals surface area (Å²) in [4.78, 5) is 52.6. The van der Waals surface area contributed by atoms with Crippen molar-refractivity contribution < 1.29 is 33.1 Å². The van der Waals surface area contributed by atoms with Gasteiger partial charge in [-0.15, -0.1) is 0 Å². The van der Waals surface area contributed by atoms with Gasteiger partial charge in [0.1, 0.15) is 17.7 Å². The Balaban J connectivity index is 1.68. The highest BCUT2D eigenvalue weighted by Gasteiger charge is 2.67. The summed E-state index contributed by atoms with van der Waals surface area (Å²) in [5.74, 6) is -2.26. The highest BCUT2D eigenvalue weighted by Crippen LogP contribution is 2.66. The first kappa shape index (κ1) is 23.1. The minimum absolute atomic E-state index is 0.0142. The third-order valence-corrected chi connectivity index (χ3v) is 9.59. The first-order valence-corrected chi connectivity index (χ1v) is 12.1. The molecule has 3 fully saturated rings. The molecule has 7 heteroatoms. The number of esters is 2. The van der Waals surface area contributed by atoms with Crippen LogP contribution >= 0.6 is 0 Å². The van der Waals surface area contributed by atoms with E-state index in [1.807, 2.05) is 26.8 Å². The molecule has 34 heavy (non-hydrogen) atoms. The van der Waals surface area contributed by atoms with Gasteiger partial charge in [-0.3, -0.25) is 19.2 Å². The second-order valence-electron chi connectivity index (χ2n) is 11.4. The zero-order valence-corrected chi connectivity index (χ0v) is 20.4. The van der Waals surface area contributed by atoms with E-state index in [1.165, 1.54) is 7.11 Å². The van der Waals surface area contributed by atoms with Gasteiger partial charge in [0.2, 0.25) is 0 Å². The van der Waals surface area contributed by atoms with Crippen molar-refractivity contribution in [2.75, 3.05) is 7.11 Å².